The van der Waals surface area contributed by atoms with Gasteiger partial charge in [-0.25, -0.2) is 15.0 Å². The van der Waals surface area contributed by atoms with Crippen molar-refractivity contribution in [2.75, 3.05) is 20.8 Å². The first-order valence-electron chi connectivity index (χ1n) is 25.5. The van der Waals surface area contributed by atoms with Crippen LogP contribution in [0.15, 0.2) is 206 Å². The topological polar surface area (TPSA) is 81.1 Å². The fourth-order valence-electron chi connectivity index (χ4n) is 9.61. The van der Waals surface area contributed by atoms with E-state index in [0.717, 1.165) is 82.6 Å². The Bertz CT molecular complexity index is 3550. The highest BCUT2D eigenvalue weighted by molar-refractivity contribution is 5.78. The molecule has 0 aliphatic carbocycles. The number of hydrogen-bond donors (Lipinski definition) is 0. The standard InChI is InChI=1S/2C23H22N2O.C19H22N2O/c1-17(19-8-4-3-5-9-19)25-22-11-7-6-10-21(22)24-23(25)16-18-12-14-20(26-2)15-13-18;1-18-8-7-11-20(16-18)26-15-14-25-22-13-6-5-12-21(22)24-23(25)17-19-9-3-2-4-10-19;1-19(2,3)21-17-11-6-5-10-16(17)20-18(21)13-14-8-7-9-15(12-14)22-4/h3-15,17H,16H2,1-2H3;2-13,16H,14-15,17H2,1H3;5-12H,13H2,1-4H3. The molecule has 0 saturated carbocycles. The summed E-state index contributed by atoms with van der Waals surface area (Å²) in [5.74, 6) is 5.91. The van der Waals surface area contributed by atoms with Gasteiger partial charge in [0.05, 0.1) is 59.9 Å². The minimum absolute atomic E-state index is 0.00962. The summed E-state index contributed by atoms with van der Waals surface area (Å²) in [5.41, 5.74) is 12.8. The van der Waals surface area contributed by atoms with Crippen LogP contribution in [0.25, 0.3) is 33.1 Å². The molecule has 0 aliphatic heterocycles. The maximum absolute atomic E-state index is 5.97. The third kappa shape index (κ3) is 12.2. The van der Waals surface area contributed by atoms with Crippen LogP contribution in [0.3, 0.4) is 0 Å². The maximum Gasteiger partial charge on any atom is 0.119 e. The highest BCUT2D eigenvalue weighted by Crippen LogP contribution is 2.30. The number of fused-ring (bicyclic) bond motifs is 3. The zero-order chi connectivity index (χ0) is 51.4. The van der Waals surface area contributed by atoms with E-state index in [1.807, 2.05) is 60.7 Å². The van der Waals surface area contributed by atoms with Gasteiger partial charge < -0.3 is 27.9 Å². The number of hydrogen-bond acceptors (Lipinski definition) is 6. The molecule has 1 atom stereocenters. The Morgan fingerprint density at radius 2 is 0.973 bits per heavy atom. The van der Waals surface area contributed by atoms with Crippen LogP contribution in [0.5, 0.6) is 17.2 Å². The zero-order valence-corrected chi connectivity index (χ0v) is 43.7. The van der Waals surface area contributed by atoms with Crippen molar-refractivity contribution < 1.29 is 14.2 Å². The number of ether oxygens (including phenoxy) is 3. The van der Waals surface area contributed by atoms with Gasteiger partial charge in [-0.05, 0) is 135 Å². The minimum atomic E-state index is -0.00962. The average molecular weight is 979 g/mol. The lowest BCUT2D eigenvalue weighted by Crippen LogP contribution is -2.24. The molecule has 3 heterocycles. The van der Waals surface area contributed by atoms with Crippen molar-refractivity contribution >= 4 is 33.1 Å². The molecule has 0 N–H and O–H groups in total. The first-order chi connectivity index (χ1) is 36.0. The Morgan fingerprint density at radius 3 is 1.65 bits per heavy atom. The lowest BCUT2D eigenvalue weighted by atomic mass is 10.1. The van der Waals surface area contributed by atoms with Gasteiger partial charge in [-0.2, -0.15) is 0 Å². The second-order valence-electron chi connectivity index (χ2n) is 19.5. The van der Waals surface area contributed by atoms with Gasteiger partial charge in [0.25, 0.3) is 0 Å². The maximum atomic E-state index is 5.97. The molecule has 0 amide bonds. The number of nitrogens with zero attached hydrogens (tertiary/aromatic N) is 6. The highest BCUT2D eigenvalue weighted by Gasteiger charge is 2.22. The second-order valence-corrected chi connectivity index (χ2v) is 19.5. The molecular formula is C65H66N6O3. The van der Waals surface area contributed by atoms with E-state index < -0.39 is 0 Å². The predicted molar refractivity (Wildman–Crippen MR) is 302 cm³/mol. The first kappa shape index (κ1) is 50.5. The lowest BCUT2D eigenvalue weighted by Gasteiger charge is -2.24. The molecule has 9 nitrogen and oxygen atoms in total. The predicted octanol–water partition coefficient (Wildman–Crippen LogP) is 14.7. The molecule has 9 heteroatoms. The Morgan fingerprint density at radius 1 is 0.459 bits per heavy atom. The average Bonchev–Trinajstić information content (AvgIpc) is 4.10. The molecule has 3 aromatic heterocycles. The van der Waals surface area contributed by atoms with Crippen molar-refractivity contribution in [3.05, 3.63) is 252 Å². The van der Waals surface area contributed by atoms with Crippen LogP contribution < -0.4 is 14.2 Å². The number of imidazole rings is 3. The van der Waals surface area contributed by atoms with Crippen LogP contribution in [0.4, 0.5) is 0 Å². The number of rotatable bonds is 14. The molecule has 0 radical (unpaired) electrons. The van der Waals surface area contributed by atoms with E-state index in [9.17, 15) is 0 Å². The van der Waals surface area contributed by atoms with Crippen LogP contribution >= 0.6 is 0 Å². The van der Waals surface area contributed by atoms with Gasteiger partial charge in [0.15, 0.2) is 0 Å². The number of para-hydroxylation sites is 6. The first-order valence-corrected chi connectivity index (χ1v) is 25.5. The molecular weight excluding hydrogens is 913 g/mol. The Balaban J connectivity index is 0.000000137. The van der Waals surface area contributed by atoms with E-state index in [4.69, 9.17) is 29.2 Å². The Kier molecular flexibility index (Phi) is 16.0. The third-order valence-electron chi connectivity index (χ3n) is 13.2. The molecule has 0 fully saturated rings. The van der Waals surface area contributed by atoms with Gasteiger partial charge in [-0.15, -0.1) is 0 Å². The molecule has 8 aromatic carbocycles. The SMILES string of the molecule is COc1ccc(Cc2nc3ccccc3n2C(C)c2ccccc2)cc1.COc1cccc(Cc2nc3ccccc3n2C(C)(C)C)c1.Cc1cccc(OCCn2c(Cc3ccccc3)nc3ccccc32)c1. The molecule has 74 heavy (non-hydrogen) atoms. The summed E-state index contributed by atoms with van der Waals surface area (Å²) in [5, 5.41) is 0. The van der Waals surface area contributed by atoms with Crippen LogP contribution in [-0.4, -0.2) is 49.5 Å². The second kappa shape index (κ2) is 23.4. The summed E-state index contributed by atoms with van der Waals surface area (Å²) in [7, 11) is 3.39. The fourth-order valence-corrected chi connectivity index (χ4v) is 9.61. The number of benzene rings is 8. The summed E-state index contributed by atoms with van der Waals surface area (Å²) in [6, 6.07) is 70.9. The Labute approximate surface area is 435 Å². The monoisotopic (exact) mass is 979 g/mol. The van der Waals surface area contributed by atoms with Crippen molar-refractivity contribution in [2.45, 2.75) is 72.0 Å². The minimum Gasteiger partial charge on any atom is -0.497 e. The van der Waals surface area contributed by atoms with E-state index in [1.54, 1.807) is 14.2 Å². The van der Waals surface area contributed by atoms with E-state index >= 15 is 0 Å². The van der Waals surface area contributed by atoms with Crippen LogP contribution in [-0.2, 0) is 31.3 Å². The number of aromatic nitrogens is 6. The number of methoxy groups -OCH3 is 2. The molecule has 1 unspecified atom stereocenters. The summed E-state index contributed by atoms with van der Waals surface area (Å²) >= 11 is 0. The molecule has 11 rings (SSSR count). The zero-order valence-electron chi connectivity index (χ0n) is 43.7. The van der Waals surface area contributed by atoms with Crippen LogP contribution in [0.2, 0.25) is 0 Å². The summed E-state index contributed by atoms with van der Waals surface area (Å²) < 4.78 is 23.5. The summed E-state index contributed by atoms with van der Waals surface area (Å²) in [4.78, 5) is 14.6. The quantitative estimate of drug-likeness (QED) is 0.108. The highest BCUT2D eigenvalue weighted by atomic mass is 16.5. The molecule has 0 bridgehead atoms. The van der Waals surface area contributed by atoms with Crippen molar-refractivity contribution in [2.24, 2.45) is 0 Å². The summed E-state index contributed by atoms with van der Waals surface area (Å²) in [6.45, 7) is 12.4. The van der Waals surface area contributed by atoms with Gasteiger partial charge >= 0.3 is 0 Å². The van der Waals surface area contributed by atoms with E-state index in [2.05, 4.69) is 194 Å². The van der Waals surface area contributed by atoms with E-state index in [0.29, 0.717) is 6.61 Å². The van der Waals surface area contributed by atoms with Gasteiger partial charge in [-0.1, -0.05) is 133 Å². The van der Waals surface area contributed by atoms with Crippen molar-refractivity contribution in [3.8, 4) is 17.2 Å². The Hall–Kier alpha value is -8.43. The molecule has 0 aliphatic rings. The van der Waals surface area contributed by atoms with Gasteiger partial charge in [-0.3, -0.25) is 0 Å². The van der Waals surface area contributed by atoms with Gasteiger partial charge in [0.2, 0.25) is 0 Å². The number of aryl methyl sites for hydroxylation is 1. The van der Waals surface area contributed by atoms with Crippen LogP contribution in [0.1, 0.15) is 79.0 Å². The van der Waals surface area contributed by atoms with Gasteiger partial charge in [0, 0.05) is 24.8 Å². The summed E-state index contributed by atoms with van der Waals surface area (Å²) in [6.07, 6.45) is 2.40. The smallest absolute Gasteiger partial charge is 0.119 e. The van der Waals surface area contributed by atoms with Crippen LogP contribution in [0, 0.1) is 6.92 Å². The van der Waals surface area contributed by atoms with E-state index in [1.165, 1.54) is 38.9 Å². The van der Waals surface area contributed by atoms with E-state index in [-0.39, 0.29) is 11.6 Å². The third-order valence-corrected chi connectivity index (χ3v) is 13.2. The normalized spacial score (nSPS) is 11.7. The molecule has 0 saturated heterocycles. The van der Waals surface area contributed by atoms with Gasteiger partial charge in [0.1, 0.15) is 41.3 Å². The molecule has 374 valence electrons. The van der Waals surface area contributed by atoms with Crippen molar-refractivity contribution in [3.63, 3.8) is 0 Å². The van der Waals surface area contributed by atoms with Crippen molar-refractivity contribution in [1.82, 2.24) is 28.7 Å². The lowest BCUT2D eigenvalue weighted by molar-refractivity contribution is 0.298. The fraction of sp³-hybridized carbons (Fsp3) is 0.215. The largest absolute Gasteiger partial charge is 0.497 e. The molecule has 0 spiro atoms. The molecule has 11 aromatic rings. The van der Waals surface area contributed by atoms with Crippen molar-refractivity contribution in [1.29, 1.82) is 0 Å².